The number of hydrogen-bond acceptors (Lipinski definition) is 4. The molecule has 0 radical (unpaired) electrons. The van der Waals surface area contributed by atoms with Gasteiger partial charge in [0.1, 0.15) is 0 Å². The molecule has 0 aliphatic carbocycles. The predicted octanol–water partition coefficient (Wildman–Crippen LogP) is 3.78. The summed E-state index contributed by atoms with van der Waals surface area (Å²) in [6.45, 7) is 0. The van der Waals surface area contributed by atoms with E-state index in [1.807, 2.05) is 0 Å². The standard InChI is InChI=1S/C22H20ClN3O4S/c1-24-21(27)15-11-13-16(14-12-15)31(29,30)26(2)20-10-6-3-7-17(20)22(28)25-19-9-5-4-8-18(19)23/h3-14H,1-2H3,(H,24,27)(H,25,28). The van der Waals surface area contributed by atoms with E-state index in [0.29, 0.717) is 16.3 Å². The molecule has 0 heterocycles. The highest BCUT2D eigenvalue weighted by Gasteiger charge is 2.25. The van der Waals surface area contributed by atoms with Gasteiger partial charge in [0.05, 0.1) is 26.9 Å². The third-order valence-corrected chi connectivity index (χ3v) is 6.73. The molecular weight excluding hydrogens is 438 g/mol. The van der Waals surface area contributed by atoms with Crippen LogP contribution in [0, 0.1) is 0 Å². The zero-order chi connectivity index (χ0) is 22.6. The molecule has 0 unspecified atom stereocenters. The lowest BCUT2D eigenvalue weighted by molar-refractivity contribution is 0.0962. The highest BCUT2D eigenvalue weighted by molar-refractivity contribution is 7.92. The fourth-order valence-electron chi connectivity index (χ4n) is 2.90. The average molecular weight is 458 g/mol. The number of halogens is 1. The zero-order valence-electron chi connectivity index (χ0n) is 16.8. The number of hydrogen-bond donors (Lipinski definition) is 2. The number of carbonyl (C=O) groups excluding carboxylic acids is 2. The number of nitrogens with zero attached hydrogens (tertiary/aromatic N) is 1. The van der Waals surface area contributed by atoms with Gasteiger partial charge in [-0.05, 0) is 48.5 Å². The van der Waals surface area contributed by atoms with Crippen LogP contribution in [0.25, 0.3) is 0 Å². The van der Waals surface area contributed by atoms with Crippen LogP contribution in [0.3, 0.4) is 0 Å². The minimum absolute atomic E-state index is 0.0102. The number of anilines is 2. The number of rotatable bonds is 6. The van der Waals surface area contributed by atoms with Crippen LogP contribution in [0.15, 0.2) is 77.7 Å². The van der Waals surface area contributed by atoms with Crippen molar-refractivity contribution < 1.29 is 18.0 Å². The molecule has 0 spiro atoms. The van der Waals surface area contributed by atoms with Crippen molar-refractivity contribution in [2.45, 2.75) is 4.90 Å². The van der Waals surface area contributed by atoms with Gasteiger partial charge in [-0.25, -0.2) is 8.42 Å². The van der Waals surface area contributed by atoms with Crippen molar-refractivity contribution in [2.24, 2.45) is 0 Å². The van der Waals surface area contributed by atoms with Crippen molar-refractivity contribution in [3.05, 3.63) is 88.9 Å². The largest absolute Gasteiger partial charge is 0.355 e. The van der Waals surface area contributed by atoms with Crippen LogP contribution in [0.2, 0.25) is 5.02 Å². The van der Waals surface area contributed by atoms with Gasteiger partial charge in [-0.2, -0.15) is 0 Å². The first-order chi connectivity index (χ1) is 14.8. The molecule has 3 rings (SSSR count). The lowest BCUT2D eigenvalue weighted by Gasteiger charge is -2.22. The van der Waals surface area contributed by atoms with Crippen LogP contribution in [-0.2, 0) is 10.0 Å². The van der Waals surface area contributed by atoms with Gasteiger partial charge in [0, 0.05) is 19.7 Å². The van der Waals surface area contributed by atoms with Gasteiger partial charge in [-0.15, -0.1) is 0 Å². The van der Waals surface area contributed by atoms with Crippen LogP contribution in [0.4, 0.5) is 11.4 Å². The molecule has 0 bridgehead atoms. The number of amides is 2. The van der Waals surface area contributed by atoms with Crippen LogP contribution < -0.4 is 14.9 Å². The summed E-state index contributed by atoms with van der Waals surface area (Å²) in [7, 11) is -1.13. The van der Waals surface area contributed by atoms with Gasteiger partial charge in [0.15, 0.2) is 0 Å². The maximum atomic E-state index is 13.1. The second kappa shape index (κ2) is 9.20. The van der Waals surface area contributed by atoms with Gasteiger partial charge in [0.2, 0.25) is 0 Å². The summed E-state index contributed by atoms with van der Waals surface area (Å²) in [6.07, 6.45) is 0. The number of nitrogens with one attached hydrogen (secondary N) is 2. The van der Waals surface area contributed by atoms with Crippen molar-refractivity contribution in [1.82, 2.24) is 5.32 Å². The van der Waals surface area contributed by atoms with E-state index in [-0.39, 0.29) is 22.1 Å². The molecule has 0 aromatic heterocycles. The average Bonchev–Trinajstić information content (AvgIpc) is 2.79. The van der Waals surface area contributed by atoms with Crippen molar-refractivity contribution in [2.75, 3.05) is 23.7 Å². The second-order valence-electron chi connectivity index (χ2n) is 6.53. The Morgan fingerprint density at radius 3 is 2.13 bits per heavy atom. The maximum Gasteiger partial charge on any atom is 0.264 e. The molecule has 9 heteroatoms. The first-order valence-corrected chi connectivity index (χ1v) is 11.0. The lowest BCUT2D eigenvalue weighted by atomic mass is 10.1. The smallest absolute Gasteiger partial charge is 0.264 e. The SMILES string of the molecule is CNC(=O)c1ccc(S(=O)(=O)N(C)c2ccccc2C(=O)Nc2ccccc2Cl)cc1. The highest BCUT2D eigenvalue weighted by Crippen LogP contribution is 2.28. The molecule has 160 valence electrons. The summed E-state index contributed by atoms with van der Waals surface area (Å²) in [5.41, 5.74) is 1.11. The lowest BCUT2D eigenvalue weighted by Crippen LogP contribution is -2.29. The number of sulfonamides is 1. The Kier molecular flexibility index (Phi) is 6.62. The minimum Gasteiger partial charge on any atom is -0.355 e. The van der Waals surface area contributed by atoms with E-state index in [9.17, 15) is 18.0 Å². The summed E-state index contributed by atoms with van der Waals surface area (Å²) in [5, 5.41) is 5.55. The van der Waals surface area contributed by atoms with Crippen LogP contribution >= 0.6 is 11.6 Å². The fourth-order valence-corrected chi connectivity index (χ4v) is 4.30. The topological polar surface area (TPSA) is 95.6 Å². The Labute approximate surface area is 185 Å². The molecule has 3 aromatic rings. The van der Waals surface area contributed by atoms with Crippen molar-refractivity contribution in [1.29, 1.82) is 0 Å². The molecule has 2 N–H and O–H groups in total. The monoisotopic (exact) mass is 457 g/mol. The summed E-state index contributed by atoms with van der Waals surface area (Å²) in [4.78, 5) is 24.6. The van der Waals surface area contributed by atoms with E-state index in [2.05, 4.69) is 10.6 Å². The summed E-state index contributed by atoms with van der Waals surface area (Å²) < 4.78 is 27.3. The summed E-state index contributed by atoms with van der Waals surface area (Å²) in [5.74, 6) is -0.820. The maximum absolute atomic E-state index is 13.1. The van der Waals surface area contributed by atoms with E-state index in [1.54, 1.807) is 36.4 Å². The number of para-hydroxylation sites is 2. The molecule has 31 heavy (non-hydrogen) atoms. The zero-order valence-corrected chi connectivity index (χ0v) is 18.4. The van der Waals surface area contributed by atoms with Gasteiger partial charge in [0.25, 0.3) is 21.8 Å². The number of benzene rings is 3. The Hall–Kier alpha value is -3.36. The second-order valence-corrected chi connectivity index (χ2v) is 8.90. The summed E-state index contributed by atoms with van der Waals surface area (Å²) in [6, 6.07) is 18.7. The molecule has 0 aliphatic heterocycles. The molecular formula is C22H20ClN3O4S. The first kappa shape index (κ1) is 22.3. The minimum atomic E-state index is -3.98. The Morgan fingerprint density at radius 1 is 0.871 bits per heavy atom. The van der Waals surface area contributed by atoms with Crippen molar-refractivity contribution in [3.8, 4) is 0 Å². The molecule has 0 atom stereocenters. The fraction of sp³-hybridized carbons (Fsp3) is 0.0909. The Morgan fingerprint density at radius 2 is 1.48 bits per heavy atom. The first-order valence-electron chi connectivity index (χ1n) is 9.21. The summed E-state index contributed by atoms with van der Waals surface area (Å²) >= 11 is 6.11. The quantitative estimate of drug-likeness (QED) is 0.588. The van der Waals surface area contributed by atoms with Gasteiger partial charge >= 0.3 is 0 Å². The van der Waals surface area contributed by atoms with E-state index in [1.165, 1.54) is 50.5 Å². The van der Waals surface area contributed by atoms with Crippen LogP contribution in [0.5, 0.6) is 0 Å². The molecule has 0 aliphatic rings. The number of carbonyl (C=O) groups is 2. The molecule has 7 nitrogen and oxygen atoms in total. The van der Waals surface area contributed by atoms with Gasteiger partial charge in [-0.1, -0.05) is 35.9 Å². The molecule has 2 amide bonds. The molecule has 0 saturated carbocycles. The van der Waals surface area contributed by atoms with E-state index in [0.717, 1.165) is 4.31 Å². The van der Waals surface area contributed by atoms with Crippen molar-refractivity contribution in [3.63, 3.8) is 0 Å². The van der Waals surface area contributed by atoms with Crippen LogP contribution in [0.1, 0.15) is 20.7 Å². The van der Waals surface area contributed by atoms with Crippen LogP contribution in [-0.4, -0.2) is 34.3 Å². The van der Waals surface area contributed by atoms with E-state index >= 15 is 0 Å². The van der Waals surface area contributed by atoms with E-state index in [4.69, 9.17) is 11.6 Å². The van der Waals surface area contributed by atoms with Crippen molar-refractivity contribution >= 4 is 44.8 Å². The van der Waals surface area contributed by atoms with Gasteiger partial charge in [-0.3, -0.25) is 13.9 Å². The normalized spacial score (nSPS) is 10.9. The third-order valence-electron chi connectivity index (χ3n) is 4.61. The molecule has 0 fully saturated rings. The van der Waals surface area contributed by atoms with E-state index < -0.39 is 15.9 Å². The molecule has 0 saturated heterocycles. The predicted molar refractivity (Wildman–Crippen MR) is 121 cm³/mol. The van der Waals surface area contributed by atoms with Gasteiger partial charge < -0.3 is 10.6 Å². The third kappa shape index (κ3) is 4.70. The highest BCUT2D eigenvalue weighted by atomic mass is 35.5. The Balaban J connectivity index is 1.93. The Bertz CT molecular complexity index is 1230. The molecule has 3 aromatic carbocycles.